The normalized spacial score (nSPS) is 13.8. The minimum atomic E-state index is -0.881. The predicted octanol–water partition coefficient (Wildman–Crippen LogP) is 4.37. The zero-order chi connectivity index (χ0) is 21.3. The third-order valence-corrected chi connectivity index (χ3v) is 4.65. The molecule has 0 radical (unpaired) electrons. The molecule has 0 aliphatic carbocycles. The summed E-state index contributed by atoms with van der Waals surface area (Å²) in [5.41, 5.74) is 0.587. The number of benzene rings is 3. The van der Waals surface area contributed by atoms with E-state index in [4.69, 9.17) is 4.74 Å². The van der Waals surface area contributed by atoms with Crippen LogP contribution in [0.2, 0.25) is 0 Å². The van der Waals surface area contributed by atoms with Crippen LogP contribution in [-0.4, -0.2) is 18.9 Å². The van der Waals surface area contributed by atoms with Crippen LogP contribution in [-0.2, 0) is 9.59 Å². The van der Waals surface area contributed by atoms with Crippen LogP contribution in [0.15, 0.2) is 78.5 Å². The Morgan fingerprint density at radius 3 is 2.23 bits per heavy atom. The monoisotopic (exact) mass is 406 g/mol. The Bertz CT molecular complexity index is 1160. The molecule has 0 unspecified atom stereocenters. The number of carbonyl (C=O) groups excluding carboxylic acids is 2. The van der Waals surface area contributed by atoms with Crippen LogP contribution in [0.25, 0.3) is 5.57 Å². The second-order valence-electron chi connectivity index (χ2n) is 6.51. The summed E-state index contributed by atoms with van der Waals surface area (Å²) in [5.74, 6) is -2.61. The van der Waals surface area contributed by atoms with Crippen molar-refractivity contribution in [2.45, 2.75) is 0 Å². The topological polar surface area (TPSA) is 58.6 Å². The molecular weight excluding hydrogens is 390 g/mol. The number of para-hydroxylation sites is 1. The van der Waals surface area contributed by atoms with Gasteiger partial charge >= 0.3 is 0 Å². The minimum Gasteiger partial charge on any atom is -0.497 e. The van der Waals surface area contributed by atoms with E-state index >= 15 is 0 Å². The van der Waals surface area contributed by atoms with E-state index < -0.39 is 29.1 Å². The van der Waals surface area contributed by atoms with Crippen molar-refractivity contribution in [3.05, 3.63) is 95.7 Å². The molecule has 5 nitrogen and oxygen atoms in total. The van der Waals surface area contributed by atoms with E-state index in [0.717, 1.165) is 18.2 Å². The molecular formula is C23H16F2N2O3. The van der Waals surface area contributed by atoms with E-state index in [0.29, 0.717) is 21.9 Å². The lowest BCUT2D eigenvalue weighted by molar-refractivity contribution is -0.120. The van der Waals surface area contributed by atoms with Crippen LogP contribution in [0.5, 0.6) is 5.75 Å². The molecule has 150 valence electrons. The molecule has 1 aliphatic heterocycles. The van der Waals surface area contributed by atoms with Crippen LogP contribution >= 0.6 is 0 Å². The summed E-state index contributed by atoms with van der Waals surface area (Å²) < 4.78 is 33.3. The first-order valence-corrected chi connectivity index (χ1v) is 9.04. The van der Waals surface area contributed by atoms with Gasteiger partial charge in [0, 0.05) is 11.8 Å². The lowest BCUT2D eigenvalue weighted by Crippen LogP contribution is -2.33. The molecule has 1 heterocycles. The molecule has 0 spiro atoms. The van der Waals surface area contributed by atoms with Crippen molar-refractivity contribution in [1.29, 1.82) is 0 Å². The maximum absolute atomic E-state index is 14.4. The van der Waals surface area contributed by atoms with Crippen molar-refractivity contribution < 1.29 is 23.1 Å². The molecule has 30 heavy (non-hydrogen) atoms. The summed E-state index contributed by atoms with van der Waals surface area (Å²) in [7, 11) is 1.51. The van der Waals surface area contributed by atoms with Crippen molar-refractivity contribution in [2.24, 2.45) is 0 Å². The molecule has 0 aromatic heterocycles. The largest absolute Gasteiger partial charge is 0.497 e. The maximum Gasteiger partial charge on any atom is 0.282 e. The maximum atomic E-state index is 14.4. The Hall–Kier alpha value is -4.00. The van der Waals surface area contributed by atoms with E-state index in [1.807, 2.05) is 0 Å². The summed E-state index contributed by atoms with van der Waals surface area (Å²) in [5, 5.41) is 2.95. The number of anilines is 2. The van der Waals surface area contributed by atoms with Crippen LogP contribution in [0.1, 0.15) is 5.56 Å². The van der Waals surface area contributed by atoms with Gasteiger partial charge in [-0.25, -0.2) is 13.7 Å². The van der Waals surface area contributed by atoms with Gasteiger partial charge in [-0.15, -0.1) is 0 Å². The number of hydrogen-bond donors (Lipinski definition) is 1. The molecule has 0 fully saturated rings. The average Bonchev–Trinajstić information content (AvgIpc) is 3.00. The van der Waals surface area contributed by atoms with Gasteiger partial charge in [0.2, 0.25) is 0 Å². The Balaban J connectivity index is 1.84. The number of halogens is 2. The van der Waals surface area contributed by atoms with Gasteiger partial charge in [-0.05, 0) is 42.0 Å². The van der Waals surface area contributed by atoms with Crippen molar-refractivity contribution in [3.63, 3.8) is 0 Å². The summed E-state index contributed by atoms with van der Waals surface area (Å²) in [4.78, 5) is 27.0. The van der Waals surface area contributed by atoms with E-state index in [2.05, 4.69) is 5.32 Å². The number of hydrogen-bond acceptors (Lipinski definition) is 4. The molecule has 1 aliphatic rings. The van der Waals surface area contributed by atoms with Gasteiger partial charge in [0.25, 0.3) is 11.8 Å². The predicted molar refractivity (Wildman–Crippen MR) is 109 cm³/mol. The molecule has 7 heteroatoms. The van der Waals surface area contributed by atoms with E-state index in [9.17, 15) is 18.4 Å². The van der Waals surface area contributed by atoms with Crippen molar-refractivity contribution in [2.75, 3.05) is 17.3 Å². The highest BCUT2D eigenvalue weighted by atomic mass is 19.1. The third-order valence-electron chi connectivity index (χ3n) is 4.65. The van der Waals surface area contributed by atoms with Gasteiger partial charge in [-0.2, -0.15) is 0 Å². The quantitative estimate of drug-likeness (QED) is 0.640. The number of amides is 2. The smallest absolute Gasteiger partial charge is 0.282 e. The highest BCUT2D eigenvalue weighted by Crippen LogP contribution is 2.35. The lowest BCUT2D eigenvalue weighted by atomic mass is 10.0. The average molecular weight is 406 g/mol. The lowest BCUT2D eigenvalue weighted by Gasteiger charge is -2.16. The molecule has 0 saturated heterocycles. The van der Waals surface area contributed by atoms with Crippen LogP contribution in [0.3, 0.4) is 0 Å². The highest BCUT2D eigenvalue weighted by molar-refractivity contribution is 6.46. The molecule has 4 rings (SSSR count). The number of ether oxygens (including phenoxy) is 1. The van der Waals surface area contributed by atoms with Gasteiger partial charge in [0.05, 0.1) is 18.4 Å². The second kappa shape index (κ2) is 7.79. The number of methoxy groups -OCH3 is 1. The molecule has 3 aromatic carbocycles. The summed E-state index contributed by atoms with van der Waals surface area (Å²) in [6.07, 6.45) is 0. The van der Waals surface area contributed by atoms with Gasteiger partial charge in [0.15, 0.2) is 0 Å². The van der Waals surface area contributed by atoms with E-state index in [1.165, 1.54) is 7.11 Å². The Kier molecular flexibility index (Phi) is 5.02. The van der Waals surface area contributed by atoms with Crippen LogP contribution in [0.4, 0.5) is 20.2 Å². The van der Waals surface area contributed by atoms with Crippen molar-refractivity contribution in [3.8, 4) is 5.75 Å². The van der Waals surface area contributed by atoms with Crippen LogP contribution in [0, 0.1) is 11.6 Å². The van der Waals surface area contributed by atoms with E-state index in [-0.39, 0.29) is 11.3 Å². The van der Waals surface area contributed by atoms with Crippen molar-refractivity contribution in [1.82, 2.24) is 0 Å². The van der Waals surface area contributed by atoms with Gasteiger partial charge < -0.3 is 10.1 Å². The zero-order valence-corrected chi connectivity index (χ0v) is 15.9. The summed E-state index contributed by atoms with van der Waals surface area (Å²) in [6, 6.07) is 17.9. The Labute approximate surface area is 171 Å². The molecule has 2 amide bonds. The zero-order valence-electron chi connectivity index (χ0n) is 15.9. The summed E-state index contributed by atoms with van der Waals surface area (Å²) in [6.45, 7) is 0. The first kappa shape index (κ1) is 19.3. The fourth-order valence-electron chi connectivity index (χ4n) is 3.21. The first-order chi connectivity index (χ1) is 14.5. The number of carbonyl (C=O) groups is 2. The molecule has 1 N–H and O–H groups in total. The fraction of sp³-hybridized carbons (Fsp3) is 0.0435. The second-order valence-corrected chi connectivity index (χ2v) is 6.51. The van der Waals surface area contributed by atoms with Gasteiger partial charge in [0.1, 0.15) is 23.1 Å². The Morgan fingerprint density at radius 1 is 0.867 bits per heavy atom. The number of imide groups is 1. The van der Waals surface area contributed by atoms with Crippen molar-refractivity contribution >= 4 is 28.8 Å². The molecule has 0 atom stereocenters. The first-order valence-electron chi connectivity index (χ1n) is 9.04. The number of rotatable bonds is 5. The molecule has 0 saturated carbocycles. The standard InChI is InChI=1S/C23H16F2N2O3/c1-30-17-10-7-14(8-11-17)20-21(26-16-5-3-2-4-6-16)23(29)27(22(20)28)19-13-15(24)9-12-18(19)25/h2-13,26H,1H3. The number of nitrogens with zero attached hydrogens (tertiary/aromatic N) is 1. The number of nitrogens with one attached hydrogen (secondary N) is 1. The van der Waals surface area contributed by atoms with E-state index in [1.54, 1.807) is 54.6 Å². The van der Waals surface area contributed by atoms with Crippen LogP contribution < -0.4 is 15.0 Å². The van der Waals surface area contributed by atoms with Gasteiger partial charge in [-0.1, -0.05) is 30.3 Å². The Morgan fingerprint density at radius 2 is 1.57 bits per heavy atom. The summed E-state index contributed by atoms with van der Waals surface area (Å²) >= 11 is 0. The fourth-order valence-corrected chi connectivity index (χ4v) is 3.21. The molecule has 0 bridgehead atoms. The molecule has 3 aromatic rings. The third kappa shape index (κ3) is 3.41. The SMILES string of the molecule is COc1ccc(C2=C(Nc3ccccc3)C(=O)N(c3cc(F)ccc3F)C2=O)cc1. The minimum absolute atomic E-state index is 0.0278. The highest BCUT2D eigenvalue weighted by Gasteiger charge is 2.41. The van der Waals surface area contributed by atoms with Gasteiger partial charge in [-0.3, -0.25) is 9.59 Å².